The number of carbonyl (C=O) groups is 1. The number of benzene rings is 2. The first-order valence-electron chi connectivity index (χ1n) is 11.0. The Labute approximate surface area is 209 Å². The van der Waals surface area contributed by atoms with Gasteiger partial charge in [0.15, 0.2) is 11.6 Å². The summed E-state index contributed by atoms with van der Waals surface area (Å²) in [4.78, 5) is 26.4. The molecule has 3 heterocycles. The average Bonchev–Trinajstić information content (AvgIpc) is 3.37. The quantitative estimate of drug-likeness (QED) is 0.284. The molecule has 36 heavy (non-hydrogen) atoms. The van der Waals surface area contributed by atoms with E-state index in [2.05, 4.69) is 31.7 Å². The number of nitrogens with one attached hydrogen (secondary N) is 2. The van der Waals surface area contributed by atoms with Crippen molar-refractivity contribution >= 4 is 39.8 Å². The lowest BCUT2D eigenvalue weighted by molar-refractivity contribution is 0.0951. The van der Waals surface area contributed by atoms with Gasteiger partial charge in [0.05, 0.1) is 17.6 Å². The molecule has 2 aromatic carbocycles. The molecule has 5 aromatic rings. The van der Waals surface area contributed by atoms with Gasteiger partial charge in [0.25, 0.3) is 5.91 Å². The second-order valence-corrected chi connectivity index (χ2v) is 8.97. The van der Waals surface area contributed by atoms with Crippen molar-refractivity contribution in [3.63, 3.8) is 0 Å². The molecule has 0 atom stereocenters. The van der Waals surface area contributed by atoms with Crippen molar-refractivity contribution in [2.75, 3.05) is 11.1 Å². The Morgan fingerprint density at radius 1 is 0.944 bits per heavy atom. The molecule has 0 aliphatic heterocycles. The number of nitrogens with two attached hydrogens (primary N) is 1. The Bertz CT molecular complexity index is 1570. The van der Waals surface area contributed by atoms with Crippen LogP contribution in [0.15, 0.2) is 72.5 Å². The van der Waals surface area contributed by atoms with Gasteiger partial charge in [0.1, 0.15) is 18.0 Å². The van der Waals surface area contributed by atoms with E-state index in [4.69, 9.17) is 5.73 Å². The van der Waals surface area contributed by atoms with Gasteiger partial charge in [-0.1, -0.05) is 12.1 Å². The molecule has 0 saturated carbocycles. The fourth-order valence-electron chi connectivity index (χ4n) is 3.71. The third kappa shape index (κ3) is 4.98. The van der Waals surface area contributed by atoms with Crippen LogP contribution in [-0.4, -0.2) is 20.9 Å². The number of hydrogen-bond donors (Lipinski definition) is 3. The molecule has 0 fully saturated rings. The molecule has 1 amide bonds. The first-order chi connectivity index (χ1) is 17.5. The van der Waals surface area contributed by atoms with E-state index in [0.29, 0.717) is 29.3 Å². The molecule has 0 aliphatic carbocycles. The molecule has 4 N–H and O–H groups in total. The van der Waals surface area contributed by atoms with Crippen LogP contribution in [0.4, 0.5) is 20.4 Å². The van der Waals surface area contributed by atoms with Gasteiger partial charge in [-0.25, -0.2) is 23.7 Å². The largest absolute Gasteiger partial charge is 0.383 e. The summed E-state index contributed by atoms with van der Waals surface area (Å²) in [5.74, 6) is -1.41. The summed E-state index contributed by atoms with van der Waals surface area (Å²) in [7, 11) is 0. The standard InChI is InChI=1S/C26H20F2N6OS/c27-21-5-3-15(8-22(21)28)11-32-26(35)19-2-1-7-30-25(19)31-12-18-9-17(13-36-18)16-4-6-23-20(10-16)24(29)34-14-33-23/h1-10,13-14H,11-12H2,(H,30,31)(H,32,35)(H2,29,33,34). The lowest BCUT2D eigenvalue weighted by Crippen LogP contribution is -2.24. The molecule has 3 aromatic heterocycles. The molecule has 10 heteroatoms. The lowest BCUT2D eigenvalue weighted by atomic mass is 10.1. The fraction of sp³-hybridized carbons (Fsp3) is 0.0769. The van der Waals surface area contributed by atoms with Crippen molar-refractivity contribution < 1.29 is 13.6 Å². The second kappa shape index (κ2) is 10.0. The van der Waals surface area contributed by atoms with E-state index in [0.717, 1.165) is 39.0 Å². The van der Waals surface area contributed by atoms with Gasteiger partial charge in [0, 0.05) is 23.0 Å². The van der Waals surface area contributed by atoms with E-state index < -0.39 is 11.6 Å². The number of fused-ring (bicyclic) bond motifs is 1. The topological polar surface area (TPSA) is 106 Å². The van der Waals surface area contributed by atoms with Crippen LogP contribution in [0.5, 0.6) is 0 Å². The third-order valence-corrected chi connectivity index (χ3v) is 6.51. The number of amides is 1. The van der Waals surface area contributed by atoms with Crippen LogP contribution in [-0.2, 0) is 13.1 Å². The van der Waals surface area contributed by atoms with Gasteiger partial charge in [0.2, 0.25) is 0 Å². The predicted molar refractivity (Wildman–Crippen MR) is 136 cm³/mol. The minimum absolute atomic E-state index is 0.0555. The van der Waals surface area contributed by atoms with E-state index in [-0.39, 0.29) is 12.5 Å². The molecule has 0 spiro atoms. The first kappa shape index (κ1) is 23.3. The summed E-state index contributed by atoms with van der Waals surface area (Å²) in [5, 5.41) is 8.78. The summed E-state index contributed by atoms with van der Waals surface area (Å²) in [6, 6.07) is 14.8. The molecule has 180 valence electrons. The fourth-order valence-corrected chi connectivity index (χ4v) is 4.54. The summed E-state index contributed by atoms with van der Waals surface area (Å²) >= 11 is 1.58. The Hall–Kier alpha value is -4.44. The Kier molecular flexibility index (Phi) is 6.50. The monoisotopic (exact) mass is 502 g/mol. The zero-order chi connectivity index (χ0) is 25.1. The highest BCUT2D eigenvalue weighted by Gasteiger charge is 2.13. The number of nitrogen functional groups attached to an aromatic ring is 1. The molecular weight excluding hydrogens is 482 g/mol. The van der Waals surface area contributed by atoms with Crippen molar-refractivity contribution in [1.29, 1.82) is 0 Å². The van der Waals surface area contributed by atoms with E-state index >= 15 is 0 Å². The van der Waals surface area contributed by atoms with Gasteiger partial charge >= 0.3 is 0 Å². The number of thiophene rings is 1. The predicted octanol–water partition coefficient (Wildman–Crippen LogP) is 5.16. The van der Waals surface area contributed by atoms with E-state index in [1.807, 2.05) is 23.6 Å². The van der Waals surface area contributed by atoms with Gasteiger partial charge in [-0.3, -0.25) is 4.79 Å². The number of hydrogen-bond acceptors (Lipinski definition) is 7. The maximum absolute atomic E-state index is 13.4. The minimum atomic E-state index is -0.957. The number of carbonyl (C=O) groups excluding carboxylic acids is 1. The minimum Gasteiger partial charge on any atom is -0.383 e. The van der Waals surface area contributed by atoms with Crippen LogP contribution in [0.2, 0.25) is 0 Å². The van der Waals surface area contributed by atoms with Crippen LogP contribution in [0, 0.1) is 11.6 Å². The average molecular weight is 503 g/mol. The number of halogens is 2. The third-order valence-electron chi connectivity index (χ3n) is 5.57. The summed E-state index contributed by atoms with van der Waals surface area (Å²) in [6.07, 6.45) is 3.04. The highest BCUT2D eigenvalue weighted by atomic mass is 32.1. The normalized spacial score (nSPS) is 10.9. The molecule has 7 nitrogen and oxygen atoms in total. The van der Waals surface area contributed by atoms with Crippen LogP contribution in [0.25, 0.3) is 22.0 Å². The molecule has 0 bridgehead atoms. The Morgan fingerprint density at radius 2 is 1.83 bits per heavy atom. The van der Waals surface area contributed by atoms with Crippen LogP contribution >= 0.6 is 11.3 Å². The second-order valence-electron chi connectivity index (χ2n) is 7.98. The number of aromatic nitrogens is 3. The Morgan fingerprint density at radius 3 is 2.69 bits per heavy atom. The molecule has 0 saturated heterocycles. The number of pyridine rings is 1. The van der Waals surface area contributed by atoms with Gasteiger partial charge in [-0.15, -0.1) is 11.3 Å². The zero-order valence-corrected chi connectivity index (χ0v) is 19.7. The van der Waals surface area contributed by atoms with E-state index in [9.17, 15) is 13.6 Å². The van der Waals surface area contributed by atoms with Crippen LogP contribution in [0.1, 0.15) is 20.8 Å². The van der Waals surface area contributed by atoms with Gasteiger partial charge in [-0.05, 0) is 64.5 Å². The van der Waals surface area contributed by atoms with Gasteiger partial charge < -0.3 is 16.4 Å². The molecule has 0 unspecified atom stereocenters. The maximum atomic E-state index is 13.4. The van der Waals surface area contributed by atoms with Crippen molar-refractivity contribution in [2.24, 2.45) is 0 Å². The van der Waals surface area contributed by atoms with Crippen molar-refractivity contribution in [3.8, 4) is 11.1 Å². The van der Waals surface area contributed by atoms with Crippen LogP contribution < -0.4 is 16.4 Å². The maximum Gasteiger partial charge on any atom is 0.255 e. The van der Waals surface area contributed by atoms with Crippen molar-refractivity contribution in [3.05, 3.63) is 100 Å². The number of rotatable bonds is 7. The smallest absolute Gasteiger partial charge is 0.255 e. The Balaban J connectivity index is 1.26. The number of anilines is 2. The van der Waals surface area contributed by atoms with Crippen molar-refractivity contribution in [1.82, 2.24) is 20.3 Å². The lowest BCUT2D eigenvalue weighted by Gasteiger charge is -2.11. The molecule has 0 radical (unpaired) electrons. The summed E-state index contributed by atoms with van der Waals surface area (Å²) in [6.45, 7) is 0.518. The molecular formula is C26H20F2N6OS. The van der Waals surface area contributed by atoms with Gasteiger partial charge in [-0.2, -0.15) is 0 Å². The summed E-state index contributed by atoms with van der Waals surface area (Å²) in [5.41, 5.74) is 9.62. The highest BCUT2D eigenvalue weighted by molar-refractivity contribution is 7.10. The highest BCUT2D eigenvalue weighted by Crippen LogP contribution is 2.29. The SMILES string of the molecule is Nc1ncnc2ccc(-c3csc(CNc4ncccc4C(=O)NCc4ccc(F)c(F)c4)c3)cc12. The van der Waals surface area contributed by atoms with Crippen molar-refractivity contribution in [2.45, 2.75) is 13.1 Å². The van der Waals surface area contributed by atoms with E-state index in [1.165, 1.54) is 12.4 Å². The van der Waals surface area contributed by atoms with E-state index in [1.54, 1.807) is 29.7 Å². The summed E-state index contributed by atoms with van der Waals surface area (Å²) < 4.78 is 26.6. The molecule has 5 rings (SSSR count). The zero-order valence-electron chi connectivity index (χ0n) is 18.8. The first-order valence-corrected chi connectivity index (χ1v) is 11.8. The number of nitrogens with zero attached hydrogens (tertiary/aromatic N) is 3. The van der Waals surface area contributed by atoms with Crippen LogP contribution in [0.3, 0.4) is 0 Å². The molecule has 0 aliphatic rings.